The van der Waals surface area contributed by atoms with E-state index in [0.29, 0.717) is 23.8 Å². The van der Waals surface area contributed by atoms with E-state index in [1.54, 1.807) is 0 Å². The Labute approximate surface area is 118 Å². The Morgan fingerprint density at radius 2 is 1.84 bits per heavy atom. The van der Waals surface area contributed by atoms with E-state index < -0.39 is 0 Å². The van der Waals surface area contributed by atoms with Crippen LogP contribution in [0.1, 0.15) is 52.9 Å². The Balaban J connectivity index is 1.84. The second-order valence-electron chi connectivity index (χ2n) is 6.67. The van der Waals surface area contributed by atoms with E-state index in [1.165, 1.54) is 12.8 Å². The number of nitrogens with zero attached hydrogens (tertiary/aromatic N) is 1. The second kappa shape index (κ2) is 6.74. The average molecular weight is 266 g/mol. The van der Waals surface area contributed by atoms with E-state index in [2.05, 4.69) is 31.0 Å². The first-order chi connectivity index (χ1) is 9.11. The fraction of sp³-hybridized carbons (Fsp3) is 0.938. The Hall–Kier alpha value is -0.570. The van der Waals surface area contributed by atoms with Crippen LogP contribution in [0.3, 0.4) is 0 Å². The van der Waals surface area contributed by atoms with Crippen LogP contribution in [-0.4, -0.2) is 36.5 Å². The van der Waals surface area contributed by atoms with Crippen LogP contribution >= 0.6 is 0 Å². The van der Waals surface area contributed by atoms with Gasteiger partial charge in [0.2, 0.25) is 5.91 Å². The van der Waals surface area contributed by atoms with Crippen LogP contribution in [0.2, 0.25) is 0 Å². The molecule has 2 fully saturated rings. The molecule has 19 heavy (non-hydrogen) atoms. The van der Waals surface area contributed by atoms with Gasteiger partial charge in [0.1, 0.15) is 0 Å². The Morgan fingerprint density at radius 3 is 2.42 bits per heavy atom. The molecule has 1 saturated carbocycles. The molecule has 0 radical (unpaired) electrons. The van der Waals surface area contributed by atoms with Crippen LogP contribution < -0.4 is 5.32 Å². The maximum atomic E-state index is 12.6. The van der Waals surface area contributed by atoms with Crippen LogP contribution in [0.15, 0.2) is 0 Å². The molecule has 2 rings (SSSR count). The van der Waals surface area contributed by atoms with Crippen LogP contribution in [0.4, 0.5) is 0 Å². The molecule has 3 heteroatoms. The highest BCUT2D eigenvalue weighted by atomic mass is 16.2. The van der Waals surface area contributed by atoms with Crippen molar-refractivity contribution in [1.29, 1.82) is 0 Å². The minimum Gasteiger partial charge on any atom is -0.342 e. The monoisotopic (exact) mass is 266 g/mol. The minimum atomic E-state index is 0.319. The summed E-state index contributed by atoms with van der Waals surface area (Å²) in [4.78, 5) is 14.7. The van der Waals surface area contributed by atoms with Gasteiger partial charge in [-0.1, -0.05) is 20.8 Å². The predicted octanol–water partition coefficient (Wildman–Crippen LogP) is 2.66. The highest BCUT2D eigenvalue weighted by Gasteiger charge is 2.32. The van der Waals surface area contributed by atoms with Gasteiger partial charge >= 0.3 is 0 Å². The fourth-order valence-electron chi connectivity index (χ4n) is 3.68. The highest BCUT2D eigenvalue weighted by Crippen LogP contribution is 2.30. The van der Waals surface area contributed by atoms with Gasteiger partial charge in [-0.2, -0.15) is 0 Å². The Bertz CT molecular complexity index is 297. The number of likely N-dealkylation sites (tertiary alicyclic amines) is 1. The van der Waals surface area contributed by atoms with Crippen molar-refractivity contribution < 1.29 is 4.79 Å². The van der Waals surface area contributed by atoms with Gasteiger partial charge in [0.25, 0.3) is 0 Å². The van der Waals surface area contributed by atoms with E-state index in [-0.39, 0.29) is 0 Å². The summed E-state index contributed by atoms with van der Waals surface area (Å²) in [6.07, 6.45) is 5.81. The van der Waals surface area contributed by atoms with Crippen molar-refractivity contribution in [3.05, 3.63) is 0 Å². The van der Waals surface area contributed by atoms with Crippen molar-refractivity contribution in [2.75, 3.05) is 19.6 Å². The lowest BCUT2D eigenvalue weighted by Crippen LogP contribution is -2.51. The topological polar surface area (TPSA) is 32.3 Å². The van der Waals surface area contributed by atoms with Crippen molar-refractivity contribution in [3.8, 4) is 0 Å². The molecular weight excluding hydrogens is 236 g/mol. The molecule has 1 amide bonds. The van der Waals surface area contributed by atoms with Crippen LogP contribution in [0.5, 0.6) is 0 Å². The summed E-state index contributed by atoms with van der Waals surface area (Å²) in [5.74, 6) is 2.16. The standard InChI is InChI=1S/C16H30N2O/c1-4-17-15-9-10-18(11-13(15)3)16(19)14-7-5-12(2)6-8-14/h12-15,17H,4-11H2,1-3H3. The molecule has 3 nitrogen and oxygen atoms in total. The van der Waals surface area contributed by atoms with E-state index in [9.17, 15) is 4.79 Å². The van der Waals surface area contributed by atoms with Crippen molar-refractivity contribution in [1.82, 2.24) is 10.2 Å². The van der Waals surface area contributed by atoms with Gasteiger partial charge in [-0.25, -0.2) is 0 Å². The van der Waals surface area contributed by atoms with Gasteiger partial charge in [0, 0.05) is 25.0 Å². The molecule has 1 aliphatic carbocycles. The van der Waals surface area contributed by atoms with E-state index in [1.807, 2.05) is 0 Å². The minimum absolute atomic E-state index is 0.319. The first-order valence-electron chi connectivity index (χ1n) is 8.14. The van der Waals surface area contributed by atoms with Crippen LogP contribution in [0.25, 0.3) is 0 Å². The van der Waals surface area contributed by atoms with Gasteiger partial charge in [0.05, 0.1) is 0 Å². The number of carbonyl (C=O) groups excluding carboxylic acids is 1. The summed E-state index contributed by atoms with van der Waals surface area (Å²) in [5.41, 5.74) is 0. The maximum absolute atomic E-state index is 12.6. The second-order valence-corrected chi connectivity index (χ2v) is 6.67. The summed E-state index contributed by atoms with van der Waals surface area (Å²) in [6.45, 7) is 9.67. The SMILES string of the molecule is CCNC1CCN(C(=O)C2CCC(C)CC2)CC1C. The molecular formula is C16H30N2O. The maximum Gasteiger partial charge on any atom is 0.225 e. The number of nitrogens with one attached hydrogen (secondary N) is 1. The highest BCUT2D eigenvalue weighted by molar-refractivity contribution is 5.79. The molecule has 0 aromatic heterocycles. The number of amides is 1. The summed E-state index contributed by atoms with van der Waals surface area (Å²) < 4.78 is 0. The van der Waals surface area contributed by atoms with Gasteiger partial charge in [-0.15, -0.1) is 0 Å². The normalized spacial score (nSPS) is 36.3. The third kappa shape index (κ3) is 3.71. The van der Waals surface area contributed by atoms with Crippen LogP contribution in [-0.2, 0) is 4.79 Å². The molecule has 110 valence electrons. The first kappa shape index (κ1) is 14.8. The lowest BCUT2D eigenvalue weighted by atomic mass is 9.81. The third-order valence-corrected chi connectivity index (χ3v) is 5.05. The molecule has 1 saturated heterocycles. The summed E-state index contributed by atoms with van der Waals surface area (Å²) in [6, 6.07) is 0.598. The first-order valence-corrected chi connectivity index (χ1v) is 8.14. The zero-order valence-corrected chi connectivity index (χ0v) is 12.8. The lowest BCUT2D eigenvalue weighted by molar-refractivity contribution is -0.138. The van der Waals surface area contributed by atoms with Crippen molar-refractivity contribution in [3.63, 3.8) is 0 Å². The van der Waals surface area contributed by atoms with E-state index in [4.69, 9.17) is 0 Å². The lowest BCUT2D eigenvalue weighted by Gasteiger charge is -2.39. The summed E-state index contributed by atoms with van der Waals surface area (Å²) in [7, 11) is 0. The van der Waals surface area contributed by atoms with E-state index >= 15 is 0 Å². The fourth-order valence-corrected chi connectivity index (χ4v) is 3.68. The Morgan fingerprint density at radius 1 is 1.16 bits per heavy atom. The molecule has 1 aliphatic heterocycles. The molecule has 0 aromatic rings. The zero-order chi connectivity index (χ0) is 13.8. The predicted molar refractivity (Wildman–Crippen MR) is 78.9 cm³/mol. The molecule has 0 spiro atoms. The number of piperidine rings is 1. The molecule has 2 unspecified atom stereocenters. The number of hydrogen-bond acceptors (Lipinski definition) is 2. The molecule has 2 atom stereocenters. The van der Waals surface area contributed by atoms with Gasteiger partial charge in [0.15, 0.2) is 0 Å². The quantitative estimate of drug-likeness (QED) is 0.852. The van der Waals surface area contributed by atoms with Crippen molar-refractivity contribution >= 4 is 5.91 Å². The molecule has 0 bridgehead atoms. The smallest absolute Gasteiger partial charge is 0.225 e. The number of carbonyl (C=O) groups is 1. The summed E-state index contributed by atoms with van der Waals surface area (Å²) >= 11 is 0. The van der Waals surface area contributed by atoms with Crippen molar-refractivity contribution in [2.45, 2.75) is 58.9 Å². The number of hydrogen-bond donors (Lipinski definition) is 1. The van der Waals surface area contributed by atoms with Gasteiger partial charge in [-0.05, 0) is 50.5 Å². The average Bonchev–Trinajstić information content (AvgIpc) is 2.41. The van der Waals surface area contributed by atoms with Gasteiger partial charge in [-0.3, -0.25) is 4.79 Å². The Kier molecular flexibility index (Phi) is 5.26. The van der Waals surface area contributed by atoms with Crippen LogP contribution in [0, 0.1) is 17.8 Å². The van der Waals surface area contributed by atoms with Crippen molar-refractivity contribution in [2.24, 2.45) is 17.8 Å². The third-order valence-electron chi connectivity index (χ3n) is 5.05. The van der Waals surface area contributed by atoms with Gasteiger partial charge < -0.3 is 10.2 Å². The zero-order valence-electron chi connectivity index (χ0n) is 12.8. The van der Waals surface area contributed by atoms with E-state index in [0.717, 1.165) is 44.8 Å². The molecule has 0 aromatic carbocycles. The largest absolute Gasteiger partial charge is 0.342 e. The molecule has 1 heterocycles. The molecule has 1 N–H and O–H groups in total. The summed E-state index contributed by atoms with van der Waals surface area (Å²) in [5, 5.41) is 3.54. The molecule has 2 aliphatic rings. The number of rotatable bonds is 3.